The van der Waals surface area contributed by atoms with Crippen molar-refractivity contribution in [2.45, 2.75) is 37.5 Å². The van der Waals surface area contributed by atoms with Gasteiger partial charge in [0.2, 0.25) is 0 Å². The lowest BCUT2D eigenvalue weighted by molar-refractivity contribution is 0.527. The molecule has 0 N–H and O–H groups in total. The molecule has 0 heteroatoms. The lowest BCUT2D eigenvalue weighted by atomic mass is 9.78. The highest BCUT2D eigenvalue weighted by molar-refractivity contribution is 5.87. The van der Waals surface area contributed by atoms with Gasteiger partial charge in [-0.1, -0.05) is 85.0 Å². The summed E-state index contributed by atoms with van der Waals surface area (Å²) in [5, 5.41) is 5.43. The van der Waals surface area contributed by atoms with Crippen LogP contribution >= 0.6 is 0 Å². The molecule has 0 saturated carbocycles. The fourth-order valence-corrected chi connectivity index (χ4v) is 5.47. The Hall–Kier alpha value is -3.12. The minimum absolute atomic E-state index is 0.629. The molecule has 0 aliphatic heterocycles. The van der Waals surface area contributed by atoms with Gasteiger partial charge < -0.3 is 0 Å². The molecule has 0 saturated heterocycles. The summed E-state index contributed by atoms with van der Waals surface area (Å²) in [6, 6.07) is 27.2. The van der Waals surface area contributed by atoms with Crippen molar-refractivity contribution in [1.82, 2.24) is 0 Å². The molecule has 0 radical (unpaired) electrons. The Bertz CT molecular complexity index is 1200. The second kappa shape index (κ2) is 7.29. The van der Waals surface area contributed by atoms with E-state index in [4.69, 9.17) is 0 Å². The molecule has 146 valence electrons. The highest BCUT2D eigenvalue weighted by atomic mass is 14.3. The van der Waals surface area contributed by atoms with Crippen molar-refractivity contribution in [1.29, 1.82) is 0 Å². The van der Waals surface area contributed by atoms with E-state index in [2.05, 4.69) is 97.1 Å². The summed E-state index contributed by atoms with van der Waals surface area (Å²) < 4.78 is 0. The SMILES string of the molecule is C1=Cc2cc3ccccc3cc2C(CCC2CC=Cc3cc4ccccc4cc32)C1. The molecular formula is C30H26. The van der Waals surface area contributed by atoms with E-state index in [-0.39, 0.29) is 0 Å². The van der Waals surface area contributed by atoms with Crippen LogP contribution in [0.2, 0.25) is 0 Å². The lowest BCUT2D eigenvalue weighted by Crippen LogP contribution is -2.09. The first-order chi connectivity index (χ1) is 14.8. The molecule has 4 aromatic rings. The summed E-state index contributed by atoms with van der Waals surface area (Å²) in [6.45, 7) is 0. The van der Waals surface area contributed by atoms with Crippen molar-refractivity contribution < 1.29 is 0 Å². The second-order valence-corrected chi connectivity index (χ2v) is 8.90. The summed E-state index contributed by atoms with van der Waals surface area (Å²) in [5.74, 6) is 1.26. The van der Waals surface area contributed by atoms with Gasteiger partial charge in [-0.05, 0) is 93.5 Å². The van der Waals surface area contributed by atoms with Gasteiger partial charge in [0.05, 0.1) is 0 Å². The Balaban J connectivity index is 1.29. The van der Waals surface area contributed by atoms with Crippen LogP contribution in [0.25, 0.3) is 33.7 Å². The smallest absolute Gasteiger partial charge is 0.0121 e. The van der Waals surface area contributed by atoms with Gasteiger partial charge in [0.15, 0.2) is 0 Å². The van der Waals surface area contributed by atoms with Gasteiger partial charge in [0, 0.05) is 0 Å². The maximum absolute atomic E-state index is 2.45. The normalized spacial score (nSPS) is 19.7. The largest absolute Gasteiger partial charge is 0.0833 e. The zero-order chi connectivity index (χ0) is 19.9. The number of benzene rings is 4. The van der Waals surface area contributed by atoms with E-state index in [1.54, 1.807) is 11.1 Å². The first-order valence-corrected chi connectivity index (χ1v) is 11.2. The molecule has 0 fully saturated rings. The van der Waals surface area contributed by atoms with Crippen LogP contribution in [-0.4, -0.2) is 0 Å². The molecule has 2 aliphatic rings. The second-order valence-electron chi connectivity index (χ2n) is 8.90. The number of hydrogen-bond donors (Lipinski definition) is 0. The van der Waals surface area contributed by atoms with Crippen molar-refractivity contribution >= 4 is 33.7 Å². The van der Waals surface area contributed by atoms with E-state index < -0.39 is 0 Å². The van der Waals surface area contributed by atoms with Crippen LogP contribution in [0.1, 0.15) is 59.8 Å². The minimum Gasteiger partial charge on any atom is -0.0833 e. The number of rotatable bonds is 3. The third-order valence-corrected chi connectivity index (χ3v) is 7.08. The first kappa shape index (κ1) is 17.7. The maximum Gasteiger partial charge on any atom is -0.0121 e. The predicted octanol–water partition coefficient (Wildman–Crippen LogP) is 8.47. The van der Waals surface area contributed by atoms with Gasteiger partial charge in [-0.15, -0.1) is 0 Å². The molecule has 4 aromatic carbocycles. The molecule has 0 amide bonds. The van der Waals surface area contributed by atoms with E-state index in [0.717, 1.165) is 0 Å². The third kappa shape index (κ3) is 3.08. The quantitative estimate of drug-likeness (QED) is 0.331. The summed E-state index contributed by atoms with van der Waals surface area (Å²) in [5.41, 5.74) is 5.92. The van der Waals surface area contributed by atoms with Crippen LogP contribution in [0.5, 0.6) is 0 Å². The highest BCUT2D eigenvalue weighted by Gasteiger charge is 2.22. The van der Waals surface area contributed by atoms with E-state index >= 15 is 0 Å². The molecule has 30 heavy (non-hydrogen) atoms. The Kier molecular flexibility index (Phi) is 4.30. The molecule has 0 nitrogen and oxygen atoms in total. The number of fused-ring (bicyclic) bond motifs is 4. The fourth-order valence-electron chi connectivity index (χ4n) is 5.47. The zero-order valence-electron chi connectivity index (χ0n) is 17.2. The van der Waals surface area contributed by atoms with Gasteiger partial charge in [-0.3, -0.25) is 0 Å². The van der Waals surface area contributed by atoms with Crippen LogP contribution < -0.4 is 0 Å². The van der Waals surface area contributed by atoms with Gasteiger partial charge in [0.25, 0.3) is 0 Å². The molecule has 0 spiro atoms. The van der Waals surface area contributed by atoms with E-state index in [0.29, 0.717) is 11.8 Å². The summed E-state index contributed by atoms with van der Waals surface area (Å²) >= 11 is 0. The number of allylic oxidation sites excluding steroid dienone is 2. The molecular weight excluding hydrogens is 360 g/mol. The molecule has 0 heterocycles. The van der Waals surface area contributed by atoms with Crippen LogP contribution in [0.3, 0.4) is 0 Å². The van der Waals surface area contributed by atoms with E-state index in [1.165, 1.54) is 58.4 Å². The highest BCUT2D eigenvalue weighted by Crippen LogP contribution is 2.41. The van der Waals surface area contributed by atoms with Gasteiger partial charge in [0.1, 0.15) is 0 Å². The predicted molar refractivity (Wildman–Crippen MR) is 130 cm³/mol. The monoisotopic (exact) mass is 386 g/mol. The zero-order valence-corrected chi connectivity index (χ0v) is 17.2. The van der Waals surface area contributed by atoms with Crippen LogP contribution in [0.4, 0.5) is 0 Å². The Morgan fingerprint density at radius 3 is 1.37 bits per heavy atom. The van der Waals surface area contributed by atoms with Crippen molar-refractivity contribution in [3.8, 4) is 0 Å². The molecule has 2 unspecified atom stereocenters. The molecule has 0 aromatic heterocycles. The van der Waals surface area contributed by atoms with Gasteiger partial charge in [-0.2, -0.15) is 0 Å². The van der Waals surface area contributed by atoms with E-state index in [1.807, 2.05) is 0 Å². The maximum atomic E-state index is 2.45. The van der Waals surface area contributed by atoms with Crippen molar-refractivity contribution in [3.63, 3.8) is 0 Å². The fraction of sp³-hybridized carbons (Fsp3) is 0.200. The average molecular weight is 387 g/mol. The molecule has 2 atom stereocenters. The van der Waals surface area contributed by atoms with Crippen LogP contribution in [0, 0.1) is 0 Å². The standard InChI is InChI=1S/C30H26/c1-3-9-25-19-29-21(11-5-13-27(29)17-23(25)7-1)15-16-22-12-6-14-28-18-24-8-2-4-10-26(24)20-30(22)28/h1-10,13-14,17-22H,11-12,15-16H2. The molecule has 0 bridgehead atoms. The third-order valence-electron chi connectivity index (χ3n) is 7.08. The van der Waals surface area contributed by atoms with Crippen molar-refractivity contribution in [3.05, 3.63) is 107 Å². The van der Waals surface area contributed by atoms with Crippen molar-refractivity contribution in [2.75, 3.05) is 0 Å². The van der Waals surface area contributed by atoms with E-state index in [9.17, 15) is 0 Å². The first-order valence-electron chi connectivity index (χ1n) is 11.2. The summed E-state index contributed by atoms with van der Waals surface area (Å²) in [7, 11) is 0. The van der Waals surface area contributed by atoms with Crippen LogP contribution in [0.15, 0.2) is 84.9 Å². The average Bonchev–Trinajstić information content (AvgIpc) is 2.80. The summed E-state index contributed by atoms with van der Waals surface area (Å²) in [4.78, 5) is 0. The number of hydrogen-bond acceptors (Lipinski definition) is 0. The molecule has 2 aliphatic carbocycles. The minimum atomic E-state index is 0.629. The topological polar surface area (TPSA) is 0 Å². The van der Waals surface area contributed by atoms with Crippen LogP contribution in [-0.2, 0) is 0 Å². The van der Waals surface area contributed by atoms with Gasteiger partial charge in [-0.25, -0.2) is 0 Å². The Morgan fingerprint density at radius 1 is 0.533 bits per heavy atom. The van der Waals surface area contributed by atoms with Crippen molar-refractivity contribution in [2.24, 2.45) is 0 Å². The molecule has 6 rings (SSSR count). The summed E-state index contributed by atoms with van der Waals surface area (Å²) in [6.07, 6.45) is 14.2. The van der Waals surface area contributed by atoms with Gasteiger partial charge >= 0.3 is 0 Å². The Morgan fingerprint density at radius 2 is 0.933 bits per heavy atom. The lowest BCUT2D eigenvalue weighted by Gasteiger charge is -2.27. The Labute approximate surface area is 178 Å².